The van der Waals surface area contributed by atoms with Crippen molar-refractivity contribution in [3.8, 4) is 0 Å². The number of nitrogens with zero attached hydrogens (tertiary/aromatic N) is 4. The maximum atomic E-state index is 12.1. The number of aromatic nitrogens is 4. The van der Waals surface area contributed by atoms with Crippen molar-refractivity contribution in [1.82, 2.24) is 24.6 Å². The average Bonchev–Trinajstić information content (AvgIpc) is 2.81. The lowest BCUT2D eigenvalue weighted by Crippen LogP contribution is -2.48. The highest BCUT2D eigenvalue weighted by Crippen LogP contribution is 2.16. The van der Waals surface area contributed by atoms with Crippen molar-refractivity contribution in [1.29, 1.82) is 0 Å². The molecule has 3 heterocycles. The zero-order valence-corrected chi connectivity index (χ0v) is 12.7. The first-order valence-electron chi connectivity index (χ1n) is 7.35. The minimum Gasteiger partial charge on any atom is -0.376 e. The number of hydrogen-bond donors (Lipinski definition) is 1. The summed E-state index contributed by atoms with van der Waals surface area (Å²) >= 11 is 0. The third-order valence-corrected chi connectivity index (χ3v) is 4.06. The van der Waals surface area contributed by atoms with Crippen molar-refractivity contribution in [3.05, 3.63) is 22.4 Å². The van der Waals surface area contributed by atoms with Crippen LogP contribution in [0.3, 0.4) is 0 Å². The first kappa shape index (κ1) is 14.2. The third-order valence-electron chi connectivity index (χ3n) is 4.06. The van der Waals surface area contributed by atoms with Gasteiger partial charge in [-0.05, 0) is 13.3 Å². The molecule has 1 aliphatic heterocycles. The van der Waals surface area contributed by atoms with Crippen molar-refractivity contribution in [2.24, 2.45) is 7.05 Å². The number of aryl methyl sites for hydroxylation is 1. The van der Waals surface area contributed by atoms with Crippen LogP contribution in [0.1, 0.15) is 26.1 Å². The predicted molar refractivity (Wildman–Crippen MR) is 79.0 cm³/mol. The maximum absolute atomic E-state index is 12.1. The van der Waals surface area contributed by atoms with E-state index in [0.717, 1.165) is 19.6 Å². The molecule has 1 saturated heterocycles. The number of rotatable bonds is 3. The summed E-state index contributed by atoms with van der Waals surface area (Å²) in [5.74, 6) is 0.684. The summed E-state index contributed by atoms with van der Waals surface area (Å²) in [6, 6.07) is 0.369. The Morgan fingerprint density at radius 1 is 1.52 bits per heavy atom. The fraction of sp³-hybridized carbons (Fsp3) is 0.643. The number of aromatic amines is 1. The molecular weight excluding hydrogens is 270 g/mol. The first-order chi connectivity index (χ1) is 10.1. The minimum atomic E-state index is -0.127. The molecule has 0 bridgehead atoms. The van der Waals surface area contributed by atoms with E-state index in [2.05, 4.69) is 33.8 Å². The summed E-state index contributed by atoms with van der Waals surface area (Å²) in [5.41, 5.74) is 0.501. The maximum Gasteiger partial charge on any atom is 0.262 e. The van der Waals surface area contributed by atoms with E-state index in [-0.39, 0.29) is 11.7 Å². The van der Waals surface area contributed by atoms with Gasteiger partial charge < -0.3 is 9.72 Å². The van der Waals surface area contributed by atoms with Crippen LogP contribution in [0.25, 0.3) is 11.0 Å². The summed E-state index contributed by atoms with van der Waals surface area (Å²) in [4.78, 5) is 21.8. The Morgan fingerprint density at radius 3 is 3.10 bits per heavy atom. The van der Waals surface area contributed by atoms with E-state index in [1.807, 2.05) is 0 Å². The van der Waals surface area contributed by atoms with Gasteiger partial charge in [-0.1, -0.05) is 6.92 Å². The average molecular weight is 291 g/mol. The van der Waals surface area contributed by atoms with Gasteiger partial charge in [-0.25, -0.2) is 4.98 Å². The van der Waals surface area contributed by atoms with Crippen LogP contribution in [0.15, 0.2) is 11.0 Å². The van der Waals surface area contributed by atoms with E-state index in [1.165, 1.54) is 0 Å². The number of hydrogen-bond acceptors (Lipinski definition) is 5. The van der Waals surface area contributed by atoms with E-state index in [1.54, 1.807) is 17.9 Å². The molecule has 2 aromatic heterocycles. The summed E-state index contributed by atoms with van der Waals surface area (Å²) < 4.78 is 7.33. The van der Waals surface area contributed by atoms with Crippen molar-refractivity contribution < 1.29 is 4.74 Å². The molecule has 21 heavy (non-hydrogen) atoms. The molecule has 1 N–H and O–H groups in total. The first-order valence-corrected chi connectivity index (χ1v) is 7.35. The van der Waals surface area contributed by atoms with E-state index >= 15 is 0 Å². The summed E-state index contributed by atoms with van der Waals surface area (Å²) in [6.07, 6.45) is 2.78. The SMILES string of the molecule is CC[C@@H]1CO[C@H](C)CN1Cc1nc2c(cnn2C)c(=O)[nH]1. The highest BCUT2D eigenvalue weighted by molar-refractivity contribution is 5.72. The Bertz CT molecular complexity index is 692. The monoisotopic (exact) mass is 291 g/mol. The normalized spacial score (nSPS) is 23.8. The van der Waals surface area contributed by atoms with Crippen LogP contribution >= 0.6 is 0 Å². The lowest BCUT2D eigenvalue weighted by molar-refractivity contribution is -0.0600. The smallest absolute Gasteiger partial charge is 0.262 e. The van der Waals surface area contributed by atoms with E-state index in [9.17, 15) is 4.79 Å². The van der Waals surface area contributed by atoms with Gasteiger partial charge in [-0.2, -0.15) is 5.10 Å². The highest BCUT2D eigenvalue weighted by atomic mass is 16.5. The molecule has 0 saturated carbocycles. The van der Waals surface area contributed by atoms with Crippen LogP contribution in [-0.4, -0.2) is 49.9 Å². The molecule has 2 atom stereocenters. The second-order valence-electron chi connectivity index (χ2n) is 5.65. The second kappa shape index (κ2) is 5.57. The van der Waals surface area contributed by atoms with E-state index in [4.69, 9.17) is 4.74 Å². The molecule has 0 radical (unpaired) electrons. The standard InChI is InChI=1S/C14H21N5O2/c1-4-10-8-21-9(2)6-19(10)7-12-16-13-11(14(20)17-12)5-15-18(13)3/h5,9-10H,4,6-8H2,1-3H3,(H,16,17,20)/t9-,10-/m1/s1. The van der Waals surface area contributed by atoms with Crippen LogP contribution in [-0.2, 0) is 18.3 Å². The zero-order valence-electron chi connectivity index (χ0n) is 12.7. The van der Waals surface area contributed by atoms with Gasteiger partial charge in [0.25, 0.3) is 5.56 Å². The Hall–Kier alpha value is -1.73. The largest absolute Gasteiger partial charge is 0.376 e. The lowest BCUT2D eigenvalue weighted by Gasteiger charge is -2.37. The minimum absolute atomic E-state index is 0.127. The van der Waals surface area contributed by atoms with Gasteiger partial charge in [-0.3, -0.25) is 14.4 Å². The molecule has 7 heteroatoms. The number of morpholine rings is 1. The van der Waals surface area contributed by atoms with Gasteiger partial charge in [0.2, 0.25) is 0 Å². The fourth-order valence-corrected chi connectivity index (χ4v) is 2.83. The molecule has 0 amide bonds. The van der Waals surface area contributed by atoms with Gasteiger partial charge >= 0.3 is 0 Å². The van der Waals surface area contributed by atoms with Gasteiger partial charge in [0, 0.05) is 19.6 Å². The fourth-order valence-electron chi connectivity index (χ4n) is 2.83. The number of ether oxygens (including phenoxy) is 1. The van der Waals surface area contributed by atoms with Crippen molar-refractivity contribution in [2.75, 3.05) is 13.2 Å². The quantitative estimate of drug-likeness (QED) is 0.899. The Labute approximate surface area is 122 Å². The summed E-state index contributed by atoms with van der Waals surface area (Å²) in [5, 5.41) is 4.62. The molecular formula is C14H21N5O2. The summed E-state index contributed by atoms with van der Waals surface area (Å²) in [7, 11) is 1.80. The Morgan fingerprint density at radius 2 is 2.33 bits per heavy atom. The van der Waals surface area contributed by atoms with Gasteiger partial charge in [0.05, 0.1) is 25.5 Å². The van der Waals surface area contributed by atoms with Gasteiger partial charge in [-0.15, -0.1) is 0 Å². The molecule has 1 aliphatic rings. The predicted octanol–water partition coefficient (Wildman–Crippen LogP) is 0.656. The molecule has 114 valence electrons. The van der Waals surface area contributed by atoms with E-state index < -0.39 is 0 Å². The third kappa shape index (κ3) is 2.71. The number of fused-ring (bicyclic) bond motifs is 1. The molecule has 0 aromatic carbocycles. The van der Waals surface area contributed by atoms with Crippen LogP contribution in [0.4, 0.5) is 0 Å². The van der Waals surface area contributed by atoms with Crippen LogP contribution < -0.4 is 5.56 Å². The van der Waals surface area contributed by atoms with Crippen molar-refractivity contribution in [3.63, 3.8) is 0 Å². The Kier molecular flexibility index (Phi) is 3.77. The highest BCUT2D eigenvalue weighted by Gasteiger charge is 2.26. The topological polar surface area (TPSA) is 76.0 Å². The number of nitrogens with one attached hydrogen (secondary N) is 1. The molecule has 2 aromatic rings. The molecule has 0 aliphatic carbocycles. The van der Waals surface area contributed by atoms with Crippen LogP contribution in [0, 0.1) is 0 Å². The van der Waals surface area contributed by atoms with Gasteiger partial charge in [0.1, 0.15) is 11.2 Å². The van der Waals surface area contributed by atoms with Crippen LogP contribution in [0.2, 0.25) is 0 Å². The molecule has 1 fully saturated rings. The van der Waals surface area contributed by atoms with Gasteiger partial charge in [0.15, 0.2) is 5.65 Å². The molecule has 3 rings (SSSR count). The Balaban J connectivity index is 1.89. The number of H-pyrrole nitrogens is 1. The second-order valence-corrected chi connectivity index (χ2v) is 5.65. The van der Waals surface area contributed by atoms with Crippen molar-refractivity contribution >= 4 is 11.0 Å². The van der Waals surface area contributed by atoms with Crippen LogP contribution in [0.5, 0.6) is 0 Å². The molecule has 0 unspecified atom stereocenters. The molecule has 0 spiro atoms. The zero-order chi connectivity index (χ0) is 15.0. The summed E-state index contributed by atoms with van der Waals surface area (Å²) in [6.45, 7) is 6.43. The lowest BCUT2D eigenvalue weighted by atomic mass is 10.1. The molecule has 7 nitrogen and oxygen atoms in total. The van der Waals surface area contributed by atoms with Crippen molar-refractivity contribution in [2.45, 2.75) is 39.0 Å². The van der Waals surface area contributed by atoms with E-state index in [0.29, 0.717) is 29.4 Å².